The zero-order valence-electron chi connectivity index (χ0n) is 12.6. The molecule has 5 heteroatoms. The van der Waals surface area contributed by atoms with Crippen molar-refractivity contribution in [2.45, 2.75) is 26.2 Å². The lowest BCUT2D eigenvalue weighted by Gasteiger charge is -2.09. The Morgan fingerprint density at radius 2 is 2.10 bits per heavy atom. The zero-order valence-corrected chi connectivity index (χ0v) is 12.6. The Hall–Kier alpha value is -2.30. The fourth-order valence-corrected chi connectivity index (χ4v) is 1.94. The number of methoxy groups -OCH3 is 1. The summed E-state index contributed by atoms with van der Waals surface area (Å²) in [6.45, 7) is 3.09. The fraction of sp³-hybridized carbons (Fsp3) is 0.375. The minimum atomic E-state index is 0.652. The maximum Gasteiger partial charge on any atom is 0.224 e. The maximum atomic E-state index is 5.21. The highest BCUT2D eigenvalue weighted by Crippen LogP contribution is 2.20. The van der Waals surface area contributed by atoms with E-state index in [-0.39, 0.29) is 0 Å². The number of hydrogen-bond acceptors (Lipinski definition) is 5. The topological polar surface area (TPSA) is 59.1 Å². The molecule has 0 aliphatic heterocycles. The van der Waals surface area contributed by atoms with Gasteiger partial charge >= 0.3 is 0 Å². The minimum absolute atomic E-state index is 0.652. The van der Waals surface area contributed by atoms with Gasteiger partial charge in [-0.3, -0.25) is 0 Å². The van der Waals surface area contributed by atoms with Crippen LogP contribution in [-0.2, 0) is 0 Å². The molecule has 2 aromatic rings. The molecule has 112 valence electrons. The van der Waals surface area contributed by atoms with Crippen LogP contribution in [0, 0.1) is 0 Å². The SMILES string of the molecule is CCCCCNc1nccc(Nc2cccc(OC)c2)n1. The molecule has 5 nitrogen and oxygen atoms in total. The maximum absolute atomic E-state index is 5.21. The van der Waals surface area contributed by atoms with E-state index in [1.165, 1.54) is 12.8 Å². The number of benzene rings is 1. The van der Waals surface area contributed by atoms with Gasteiger partial charge in [-0.15, -0.1) is 0 Å². The highest BCUT2D eigenvalue weighted by atomic mass is 16.5. The highest BCUT2D eigenvalue weighted by molar-refractivity contribution is 5.58. The molecule has 0 spiro atoms. The summed E-state index contributed by atoms with van der Waals surface area (Å²) in [7, 11) is 1.65. The van der Waals surface area contributed by atoms with Crippen LogP contribution in [0.3, 0.4) is 0 Å². The van der Waals surface area contributed by atoms with Crippen molar-refractivity contribution in [3.8, 4) is 5.75 Å². The molecule has 2 N–H and O–H groups in total. The van der Waals surface area contributed by atoms with Gasteiger partial charge in [-0.25, -0.2) is 4.98 Å². The van der Waals surface area contributed by atoms with Gasteiger partial charge in [-0.1, -0.05) is 25.8 Å². The first-order chi connectivity index (χ1) is 10.3. The second kappa shape index (κ2) is 8.09. The Morgan fingerprint density at radius 1 is 1.19 bits per heavy atom. The quantitative estimate of drug-likeness (QED) is 0.722. The first-order valence-corrected chi connectivity index (χ1v) is 7.30. The van der Waals surface area contributed by atoms with E-state index in [0.717, 1.165) is 30.2 Å². The Kier molecular flexibility index (Phi) is 5.82. The van der Waals surface area contributed by atoms with Crippen molar-refractivity contribution in [2.24, 2.45) is 0 Å². The molecule has 0 unspecified atom stereocenters. The molecule has 0 fully saturated rings. The van der Waals surface area contributed by atoms with E-state index in [0.29, 0.717) is 5.95 Å². The van der Waals surface area contributed by atoms with Crippen molar-refractivity contribution in [3.05, 3.63) is 36.5 Å². The zero-order chi connectivity index (χ0) is 14.9. The fourth-order valence-electron chi connectivity index (χ4n) is 1.94. The molecule has 1 aromatic heterocycles. The van der Waals surface area contributed by atoms with Gasteiger partial charge in [-0.05, 0) is 24.6 Å². The first-order valence-electron chi connectivity index (χ1n) is 7.30. The summed E-state index contributed by atoms with van der Waals surface area (Å²) in [5.41, 5.74) is 0.935. The van der Waals surface area contributed by atoms with E-state index in [2.05, 4.69) is 27.5 Å². The average molecular weight is 286 g/mol. The lowest BCUT2D eigenvalue weighted by molar-refractivity contribution is 0.415. The molecule has 0 aliphatic rings. The van der Waals surface area contributed by atoms with E-state index in [1.807, 2.05) is 30.3 Å². The van der Waals surface area contributed by atoms with Crippen LogP contribution in [-0.4, -0.2) is 23.6 Å². The number of ether oxygens (including phenoxy) is 1. The largest absolute Gasteiger partial charge is 0.497 e. The summed E-state index contributed by atoms with van der Waals surface area (Å²) in [6, 6.07) is 9.59. The van der Waals surface area contributed by atoms with Crippen LogP contribution in [0.4, 0.5) is 17.5 Å². The van der Waals surface area contributed by atoms with Crippen LogP contribution in [0.5, 0.6) is 5.75 Å². The molecule has 0 saturated heterocycles. The number of nitrogens with zero attached hydrogens (tertiary/aromatic N) is 2. The predicted octanol–water partition coefficient (Wildman–Crippen LogP) is 3.83. The summed E-state index contributed by atoms with van der Waals surface area (Å²) in [5.74, 6) is 2.22. The molecular weight excluding hydrogens is 264 g/mol. The molecule has 0 amide bonds. The molecule has 0 bridgehead atoms. The normalized spacial score (nSPS) is 10.2. The van der Waals surface area contributed by atoms with Gasteiger partial charge in [-0.2, -0.15) is 4.98 Å². The van der Waals surface area contributed by atoms with E-state index in [4.69, 9.17) is 4.74 Å². The Labute approximate surface area is 125 Å². The predicted molar refractivity (Wildman–Crippen MR) is 86.3 cm³/mol. The number of hydrogen-bond donors (Lipinski definition) is 2. The van der Waals surface area contributed by atoms with Gasteiger partial charge in [0.25, 0.3) is 0 Å². The first kappa shape index (κ1) is 15.1. The van der Waals surface area contributed by atoms with Crippen LogP contribution in [0.25, 0.3) is 0 Å². The van der Waals surface area contributed by atoms with Crippen molar-refractivity contribution in [3.63, 3.8) is 0 Å². The number of nitrogens with one attached hydrogen (secondary N) is 2. The smallest absolute Gasteiger partial charge is 0.224 e. The monoisotopic (exact) mass is 286 g/mol. The third kappa shape index (κ3) is 4.95. The van der Waals surface area contributed by atoms with Crippen molar-refractivity contribution in [1.29, 1.82) is 0 Å². The summed E-state index contributed by atoms with van der Waals surface area (Å²) in [4.78, 5) is 8.67. The molecule has 21 heavy (non-hydrogen) atoms. The van der Waals surface area contributed by atoms with Gasteiger partial charge in [0, 0.05) is 24.5 Å². The molecular formula is C16H22N4O. The van der Waals surface area contributed by atoms with Gasteiger partial charge in [0.15, 0.2) is 0 Å². The molecule has 1 aromatic carbocycles. The minimum Gasteiger partial charge on any atom is -0.497 e. The molecule has 0 radical (unpaired) electrons. The van der Waals surface area contributed by atoms with Crippen LogP contribution < -0.4 is 15.4 Å². The van der Waals surface area contributed by atoms with Gasteiger partial charge in [0.05, 0.1) is 7.11 Å². The summed E-state index contributed by atoms with van der Waals surface area (Å²) < 4.78 is 5.21. The van der Waals surface area contributed by atoms with E-state index < -0.39 is 0 Å². The lowest BCUT2D eigenvalue weighted by atomic mass is 10.2. The third-order valence-corrected chi connectivity index (χ3v) is 3.06. The summed E-state index contributed by atoms with van der Waals surface area (Å²) >= 11 is 0. The van der Waals surface area contributed by atoms with Crippen LogP contribution >= 0.6 is 0 Å². The standard InChI is InChI=1S/C16H22N4O/c1-3-4-5-10-17-16-18-11-9-15(20-16)19-13-7-6-8-14(12-13)21-2/h6-9,11-12H,3-5,10H2,1-2H3,(H2,17,18,19,20). The van der Waals surface area contributed by atoms with Gasteiger partial charge in [0.2, 0.25) is 5.95 Å². The molecule has 0 aliphatic carbocycles. The Morgan fingerprint density at radius 3 is 2.90 bits per heavy atom. The van der Waals surface area contributed by atoms with Gasteiger partial charge in [0.1, 0.15) is 11.6 Å². The van der Waals surface area contributed by atoms with Crippen molar-refractivity contribution >= 4 is 17.5 Å². The molecule has 2 rings (SSSR count). The Bertz CT molecular complexity index is 559. The summed E-state index contributed by atoms with van der Waals surface area (Å²) in [6.07, 6.45) is 5.31. The number of aromatic nitrogens is 2. The Balaban J connectivity index is 1.96. The second-order valence-electron chi connectivity index (χ2n) is 4.76. The van der Waals surface area contributed by atoms with Crippen LogP contribution in [0.2, 0.25) is 0 Å². The van der Waals surface area contributed by atoms with Gasteiger partial charge < -0.3 is 15.4 Å². The van der Waals surface area contributed by atoms with E-state index in [1.54, 1.807) is 13.3 Å². The second-order valence-corrected chi connectivity index (χ2v) is 4.76. The molecule has 0 atom stereocenters. The van der Waals surface area contributed by atoms with Crippen LogP contribution in [0.1, 0.15) is 26.2 Å². The van der Waals surface area contributed by atoms with Crippen molar-refractivity contribution < 1.29 is 4.74 Å². The molecule has 1 heterocycles. The summed E-state index contributed by atoms with van der Waals surface area (Å²) in [5, 5.41) is 6.49. The highest BCUT2D eigenvalue weighted by Gasteiger charge is 2.01. The average Bonchev–Trinajstić information content (AvgIpc) is 2.52. The third-order valence-electron chi connectivity index (χ3n) is 3.06. The van der Waals surface area contributed by atoms with Crippen LogP contribution in [0.15, 0.2) is 36.5 Å². The molecule has 0 saturated carbocycles. The lowest BCUT2D eigenvalue weighted by Crippen LogP contribution is -2.06. The van der Waals surface area contributed by atoms with E-state index >= 15 is 0 Å². The van der Waals surface area contributed by atoms with Crippen molar-refractivity contribution in [1.82, 2.24) is 9.97 Å². The van der Waals surface area contributed by atoms with E-state index in [9.17, 15) is 0 Å². The van der Waals surface area contributed by atoms with Crippen molar-refractivity contribution in [2.75, 3.05) is 24.3 Å². The number of rotatable bonds is 8. The number of anilines is 3. The number of unbranched alkanes of at least 4 members (excludes halogenated alkanes) is 2.